The molecule has 0 aliphatic heterocycles. The highest BCUT2D eigenvalue weighted by Gasteiger charge is 2.21. The third-order valence-corrected chi connectivity index (χ3v) is 6.16. The molecule has 4 aromatic rings. The van der Waals surface area contributed by atoms with Gasteiger partial charge in [-0.2, -0.15) is 5.10 Å². The summed E-state index contributed by atoms with van der Waals surface area (Å²) in [4.78, 5) is 16.3. The number of fused-ring (bicyclic) bond motifs is 1. The van der Waals surface area contributed by atoms with Crippen LogP contribution in [0.2, 0.25) is 0 Å². The SMILES string of the molecule is COc1cccc(CN(C)C(=O)c2cc3c(C)nn(-c4ccc(F)cc4)c3s2)c1OC. The van der Waals surface area contributed by atoms with Crippen LogP contribution in [-0.2, 0) is 6.54 Å². The van der Waals surface area contributed by atoms with Gasteiger partial charge in [-0.05, 0) is 43.3 Å². The number of carbonyl (C=O) groups excluding carboxylic acids is 1. The first-order valence-corrected chi connectivity index (χ1v) is 10.4. The molecule has 0 saturated heterocycles. The van der Waals surface area contributed by atoms with Crippen LogP contribution in [0.3, 0.4) is 0 Å². The summed E-state index contributed by atoms with van der Waals surface area (Å²) < 4.78 is 25.9. The number of methoxy groups -OCH3 is 2. The Morgan fingerprint density at radius 1 is 1.16 bits per heavy atom. The number of halogens is 1. The Morgan fingerprint density at radius 3 is 2.58 bits per heavy atom. The molecule has 8 heteroatoms. The fourth-order valence-electron chi connectivity index (χ4n) is 3.50. The summed E-state index contributed by atoms with van der Waals surface area (Å²) in [6, 6.07) is 13.6. The van der Waals surface area contributed by atoms with Gasteiger partial charge in [0.2, 0.25) is 0 Å². The first-order valence-electron chi connectivity index (χ1n) is 9.63. The van der Waals surface area contributed by atoms with E-state index in [0.717, 1.165) is 27.2 Å². The van der Waals surface area contributed by atoms with Gasteiger partial charge in [-0.1, -0.05) is 12.1 Å². The van der Waals surface area contributed by atoms with Crippen molar-refractivity contribution in [1.29, 1.82) is 0 Å². The van der Waals surface area contributed by atoms with Crippen LogP contribution in [0, 0.1) is 12.7 Å². The average Bonchev–Trinajstić information content (AvgIpc) is 3.34. The quantitative estimate of drug-likeness (QED) is 0.432. The molecule has 2 aromatic heterocycles. The number of nitrogens with zero attached hydrogens (tertiary/aromatic N) is 3. The predicted octanol–water partition coefficient (Wildman–Crippen LogP) is 4.82. The Bertz CT molecular complexity index is 1250. The van der Waals surface area contributed by atoms with Crippen molar-refractivity contribution >= 4 is 27.5 Å². The molecule has 160 valence electrons. The molecule has 0 saturated carbocycles. The zero-order valence-corrected chi connectivity index (χ0v) is 18.5. The van der Waals surface area contributed by atoms with Crippen molar-refractivity contribution in [3.8, 4) is 17.2 Å². The molecule has 31 heavy (non-hydrogen) atoms. The summed E-state index contributed by atoms with van der Waals surface area (Å²) in [5, 5.41) is 5.46. The van der Waals surface area contributed by atoms with Crippen molar-refractivity contribution < 1.29 is 18.7 Å². The van der Waals surface area contributed by atoms with E-state index in [9.17, 15) is 9.18 Å². The molecule has 0 atom stereocenters. The van der Waals surface area contributed by atoms with E-state index in [-0.39, 0.29) is 11.7 Å². The Kier molecular flexibility index (Phi) is 5.65. The zero-order valence-electron chi connectivity index (χ0n) is 17.7. The van der Waals surface area contributed by atoms with Gasteiger partial charge in [0, 0.05) is 24.5 Å². The molecular weight excluding hydrogens is 417 g/mol. The lowest BCUT2D eigenvalue weighted by molar-refractivity contribution is 0.0789. The smallest absolute Gasteiger partial charge is 0.264 e. The third kappa shape index (κ3) is 3.86. The van der Waals surface area contributed by atoms with E-state index in [1.165, 1.54) is 23.5 Å². The molecule has 1 amide bonds. The van der Waals surface area contributed by atoms with Crippen molar-refractivity contribution in [3.63, 3.8) is 0 Å². The molecule has 0 fully saturated rings. The van der Waals surface area contributed by atoms with Crippen molar-refractivity contribution in [2.24, 2.45) is 0 Å². The summed E-state index contributed by atoms with van der Waals surface area (Å²) in [7, 11) is 4.92. The number of amides is 1. The van der Waals surface area contributed by atoms with Crippen LogP contribution in [0.4, 0.5) is 4.39 Å². The highest BCUT2D eigenvalue weighted by molar-refractivity contribution is 7.20. The van der Waals surface area contributed by atoms with E-state index in [1.807, 2.05) is 31.2 Å². The lowest BCUT2D eigenvalue weighted by Crippen LogP contribution is -2.25. The lowest BCUT2D eigenvalue weighted by Gasteiger charge is -2.19. The van der Waals surface area contributed by atoms with Crippen LogP contribution in [0.1, 0.15) is 20.9 Å². The second-order valence-corrected chi connectivity index (χ2v) is 8.15. The van der Waals surface area contributed by atoms with E-state index in [1.54, 1.807) is 43.0 Å². The van der Waals surface area contributed by atoms with Gasteiger partial charge in [0.05, 0.1) is 30.5 Å². The maximum Gasteiger partial charge on any atom is 0.264 e. The fraction of sp³-hybridized carbons (Fsp3) is 0.217. The molecule has 0 aliphatic rings. The van der Waals surface area contributed by atoms with Crippen molar-refractivity contribution in [1.82, 2.24) is 14.7 Å². The third-order valence-electron chi connectivity index (χ3n) is 5.07. The maximum absolute atomic E-state index is 13.3. The monoisotopic (exact) mass is 439 g/mol. The standard InChI is InChI=1S/C23H22FN3O3S/c1-14-18-12-20(31-23(18)27(25-14)17-10-8-16(24)9-11-17)22(28)26(2)13-15-6-5-7-19(29-3)21(15)30-4/h5-12H,13H2,1-4H3. The average molecular weight is 440 g/mol. The number of para-hydroxylation sites is 1. The van der Waals surface area contributed by atoms with Gasteiger partial charge >= 0.3 is 0 Å². The van der Waals surface area contributed by atoms with Gasteiger partial charge in [0.15, 0.2) is 11.5 Å². The molecule has 4 rings (SSSR count). The van der Waals surface area contributed by atoms with Crippen molar-refractivity contribution in [3.05, 3.63) is 70.5 Å². The van der Waals surface area contributed by atoms with Crippen LogP contribution in [-0.4, -0.2) is 41.9 Å². The van der Waals surface area contributed by atoms with Gasteiger partial charge in [-0.3, -0.25) is 4.79 Å². The number of ether oxygens (including phenoxy) is 2. The molecule has 0 unspecified atom stereocenters. The van der Waals surface area contributed by atoms with Crippen LogP contribution < -0.4 is 9.47 Å². The highest BCUT2D eigenvalue weighted by Crippen LogP contribution is 2.33. The van der Waals surface area contributed by atoms with Crippen LogP contribution >= 0.6 is 11.3 Å². The molecular formula is C23H22FN3O3S. The Labute approximate surface area is 183 Å². The number of thiophene rings is 1. The number of rotatable bonds is 6. The van der Waals surface area contributed by atoms with Crippen LogP contribution in [0.5, 0.6) is 11.5 Å². The van der Waals surface area contributed by atoms with Gasteiger partial charge in [0.1, 0.15) is 10.6 Å². The maximum atomic E-state index is 13.3. The molecule has 0 spiro atoms. The van der Waals surface area contributed by atoms with Gasteiger partial charge in [-0.15, -0.1) is 11.3 Å². The molecule has 0 radical (unpaired) electrons. The summed E-state index contributed by atoms with van der Waals surface area (Å²) in [5.41, 5.74) is 2.41. The van der Waals surface area contributed by atoms with Gasteiger partial charge < -0.3 is 14.4 Å². The normalized spacial score (nSPS) is 11.0. The summed E-state index contributed by atoms with van der Waals surface area (Å²) in [6.45, 7) is 2.27. The topological polar surface area (TPSA) is 56.6 Å². The predicted molar refractivity (Wildman–Crippen MR) is 119 cm³/mol. The first-order chi connectivity index (χ1) is 14.9. The first kappa shape index (κ1) is 20.9. The molecule has 6 nitrogen and oxygen atoms in total. The minimum absolute atomic E-state index is 0.101. The Hall–Kier alpha value is -3.39. The number of hydrogen-bond acceptors (Lipinski definition) is 5. The van der Waals surface area contributed by atoms with Crippen molar-refractivity contribution in [2.45, 2.75) is 13.5 Å². The second kappa shape index (κ2) is 8.39. The number of aromatic nitrogens is 2. The number of aryl methyl sites for hydroxylation is 1. The van der Waals surface area contributed by atoms with Gasteiger partial charge in [-0.25, -0.2) is 9.07 Å². The zero-order chi connectivity index (χ0) is 22.1. The number of carbonyl (C=O) groups is 1. The number of hydrogen-bond donors (Lipinski definition) is 0. The van der Waals surface area contributed by atoms with E-state index < -0.39 is 0 Å². The van der Waals surface area contributed by atoms with E-state index >= 15 is 0 Å². The minimum Gasteiger partial charge on any atom is -0.493 e. The van der Waals surface area contributed by atoms with Crippen LogP contribution in [0.25, 0.3) is 15.9 Å². The molecule has 0 aliphatic carbocycles. The molecule has 0 bridgehead atoms. The Balaban J connectivity index is 1.64. The fourth-order valence-corrected chi connectivity index (χ4v) is 4.68. The molecule has 2 aromatic carbocycles. The number of benzene rings is 2. The summed E-state index contributed by atoms with van der Waals surface area (Å²) in [6.07, 6.45) is 0. The van der Waals surface area contributed by atoms with Crippen molar-refractivity contribution in [2.75, 3.05) is 21.3 Å². The molecule has 2 heterocycles. The minimum atomic E-state index is -0.305. The summed E-state index contributed by atoms with van der Waals surface area (Å²) >= 11 is 1.37. The lowest BCUT2D eigenvalue weighted by atomic mass is 10.1. The Morgan fingerprint density at radius 2 is 1.90 bits per heavy atom. The van der Waals surface area contributed by atoms with E-state index in [2.05, 4.69) is 5.10 Å². The van der Waals surface area contributed by atoms with Crippen LogP contribution in [0.15, 0.2) is 48.5 Å². The van der Waals surface area contributed by atoms with E-state index in [0.29, 0.717) is 22.9 Å². The summed E-state index contributed by atoms with van der Waals surface area (Å²) in [5.74, 6) is 0.832. The second-order valence-electron chi connectivity index (χ2n) is 7.12. The molecule has 0 N–H and O–H groups in total. The largest absolute Gasteiger partial charge is 0.493 e. The highest BCUT2D eigenvalue weighted by atomic mass is 32.1. The van der Waals surface area contributed by atoms with Gasteiger partial charge in [0.25, 0.3) is 5.91 Å². The van der Waals surface area contributed by atoms with E-state index in [4.69, 9.17) is 9.47 Å².